The summed E-state index contributed by atoms with van der Waals surface area (Å²) in [5, 5.41) is 11.0. The molecule has 1 aliphatic heterocycles. The predicted octanol–water partition coefficient (Wildman–Crippen LogP) is 4.74. The summed E-state index contributed by atoms with van der Waals surface area (Å²) in [7, 11) is 1.30. The molecule has 1 N–H and O–H groups in total. The first kappa shape index (κ1) is 21.2. The van der Waals surface area contributed by atoms with E-state index < -0.39 is 40.9 Å². The van der Waals surface area contributed by atoms with Gasteiger partial charge >= 0.3 is 0 Å². The van der Waals surface area contributed by atoms with Crippen LogP contribution in [-0.2, 0) is 9.59 Å². The van der Waals surface area contributed by atoms with Crippen LogP contribution >= 0.6 is 0 Å². The lowest BCUT2D eigenvalue weighted by Gasteiger charge is -2.25. The third-order valence-corrected chi connectivity index (χ3v) is 5.15. The number of Topliss-reactive ketones (excluding diaryl/α,β-unsaturated/α-hetero) is 1. The number of ketones is 1. The summed E-state index contributed by atoms with van der Waals surface area (Å²) in [5.41, 5.74) is -0.486. The standard InChI is InChI=1S/C24H16F3NO4/c1-32-19-10-8-14(25)11-16(19)22(29)20-21(13-5-3-2-4-6-13)28(24(31)23(20)30)18-9-7-15(26)12-17(18)27/h2-12,21,29H,1H3/b22-20+. The molecule has 1 heterocycles. The highest BCUT2D eigenvalue weighted by molar-refractivity contribution is 6.51. The summed E-state index contributed by atoms with van der Waals surface area (Å²) in [5.74, 6) is -5.47. The molecule has 0 spiro atoms. The van der Waals surface area contributed by atoms with Crippen LogP contribution < -0.4 is 9.64 Å². The molecule has 0 aliphatic carbocycles. The average Bonchev–Trinajstić information content (AvgIpc) is 3.04. The van der Waals surface area contributed by atoms with Gasteiger partial charge in [0.15, 0.2) is 0 Å². The number of hydrogen-bond donors (Lipinski definition) is 1. The Hall–Kier alpha value is -4.07. The Labute approximate surface area is 181 Å². The van der Waals surface area contributed by atoms with Crippen LogP contribution in [0.1, 0.15) is 17.2 Å². The van der Waals surface area contributed by atoms with Gasteiger partial charge in [-0.25, -0.2) is 13.2 Å². The van der Waals surface area contributed by atoms with Crippen LogP contribution in [0.3, 0.4) is 0 Å². The lowest BCUT2D eigenvalue weighted by atomic mass is 9.95. The van der Waals surface area contributed by atoms with Gasteiger partial charge in [-0.1, -0.05) is 30.3 Å². The van der Waals surface area contributed by atoms with Gasteiger partial charge in [-0.05, 0) is 35.9 Å². The van der Waals surface area contributed by atoms with E-state index in [0.717, 1.165) is 29.2 Å². The first-order chi connectivity index (χ1) is 15.3. The minimum absolute atomic E-state index is 0.0647. The SMILES string of the molecule is COc1ccc(F)cc1/C(O)=C1\C(=O)C(=O)N(c2ccc(F)cc2F)C1c1ccccc1. The summed E-state index contributed by atoms with van der Waals surface area (Å²) < 4.78 is 47.2. The van der Waals surface area contributed by atoms with Gasteiger partial charge in [0.25, 0.3) is 11.7 Å². The fourth-order valence-electron chi connectivity index (χ4n) is 3.72. The Balaban J connectivity index is 2.00. The number of hydrogen-bond acceptors (Lipinski definition) is 4. The smallest absolute Gasteiger partial charge is 0.300 e. The highest BCUT2D eigenvalue weighted by Gasteiger charge is 2.48. The predicted molar refractivity (Wildman–Crippen MR) is 111 cm³/mol. The van der Waals surface area contributed by atoms with E-state index in [9.17, 15) is 27.9 Å². The average molecular weight is 439 g/mol. The van der Waals surface area contributed by atoms with Crippen LogP contribution in [-0.4, -0.2) is 23.9 Å². The van der Waals surface area contributed by atoms with Crippen molar-refractivity contribution in [1.29, 1.82) is 0 Å². The summed E-state index contributed by atoms with van der Waals surface area (Å²) >= 11 is 0. The summed E-state index contributed by atoms with van der Waals surface area (Å²) in [4.78, 5) is 26.8. The van der Waals surface area contributed by atoms with Crippen molar-refractivity contribution in [1.82, 2.24) is 0 Å². The maximum atomic E-state index is 14.6. The Kier molecular flexibility index (Phi) is 5.44. The minimum Gasteiger partial charge on any atom is -0.507 e. The zero-order chi connectivity index (χ0) is 23.0. The number of carbonyl (C=O) groups excluding carboxylic acids is 2. The normalized spacial score (nSPS) is 17.6. The monoisotopic (exact) mass is 439 g/mol. The van der Waals surface area contributed by atoms with Gasteiger partial charge in [-0.15, -0.1) is 0 Å². The molecule has 0 aromatic heterocycles. The Morgan fingerprint density at radius 1 is 0.938 bits per heavy atom. The van der Waals surface area contributed by atoms with Gasteiger partial charge in [-0.3, -0.25) is 14.5 Å². The van der Waals surface area contributed by atoms with Crippen molar-refractivity contribution in [3.8, 4) is 5.75 Å². The summed E-state index contributed by atoms with van der Waals surface area (Å²) in [6, 6.07) is 12.8. The second-order valence-electron chi connectivity index (χ2n) is 7.02. The second kappa shape index (κ2) is 8.22. The summed E-state index contributed by atoms with van der Waals surface area (Å²) in [6.45, 7) is 0. The van der Waals surface area contributed by atoms with E-state index in [2.05, 4.69) is 0 Å². The highest BCUT2D eigenvalue weighted by atomic mass is 19.1. The van der Waals surface area contributed by atoms with E-state index >= 15 is 0 Å². The molecule has 0 saturated carbocycles. The number of anilines is 1. The number of benzene rings is 3. The molecule has 4 rings (SSSR count). The Morgan fingerprint density at radius 3 is 2.25 bits per heavy atom. The fourth-order valence-corrected chi connectivity index (χ4v) is 3.72. The van der Waals surface area contributed by atoms with Crippen LogP contribution in [0.2, 0.25) is 0 Å². The third kappa shape index (κ3) is 3.49. The van der Waals surface area contributed by atoms with Crippen LogP contribution in [0.15, 0.2) is 72.3 Å². The molecule has 8 heteroatoms. The molecule has 1 unspecified atom stereocenters. The van der Waals surface area contributed by atoms with Crippen molar-refractivity contribution in [2.45, 2.75) is 6.04 Å². The zero-order valence-electron chi connectivity index (χ0n) is 16.7. The molecule has 0 radical (unpaired) electrons. The van der Waals surface area contributed by atoms with E-state index in [1.54, 1.807) is 30.3 Å². The van der Waals surface area contributed by atoms with Crippen LogP contribution in [0, 0.1) is 17.5 Å². The number of halogens is 3. The van der Waals surface area contributed by atoms with Gasteiger partial charge in [-0.2, -0.15) is 0 Å². The first-order valence-corrected chi connectivity index (χ1v) is 9.48. The Morgan fingerprint density at radius 2 is 1.59 bits per heavy atom. The lowest BCUT2D eigenvalue weighted by molar-refractivity contribution is -0.132. The van der Waals surface area contributed by atoms with Gasteiger partial charge in [0.05, 0.1) is 30.0 Å². The van der Waals surface area contributed by atoms with E-state index in [-0.39, 0.29) is 22.6 Å². The van der Waals surface area contributed by atoms with Gasteiger partial charge in [0, 0.05) is 6.07 Å². The van der Waals surface area contributed by atoms with Crippen molar-refractivity contribution in [2.24, 2.45) is 0 Å². The first-order valence-electron chi connectivity index (χ1n) is 9.48. The molecule has 1 atom stereocenters. The molecular formula is C24H16F3NO4. The quantitative estimate of drug-likeness (QED) is 0.362. The number of carbonyl (C=O) groups is 2. The number of nitrogens with zero attached hydrogens (tertiary/aromatic N) is 1. The molecule has 3 aromatic rings. The van der Waals surface area contributed by atoms with Gasteiger partial charge in [0.1, 0.15) is 29.0 Å². The summed E-state index contributed by atoms with van der Waals surface area (Å²) in [6.07, 6.45) is 0. The molecule has 5 nitrogen and oxygen atoms in total. The van der Waals surface area contributed by atoms with Crippen molar-refractivity contribution < 1.29 is 32.6 Å². The minimum atomic E-state index is -1.25. The largest absolute Gasteiger partial charge is 0.507 e. The fraction of sp³-hybridized carbons (Fsp3) is 0.0833. The van der Waals surface area contributed by atoms with Crippen LogP contribution in [0.25, 0.3) is 5.76 Å². The topological polar surface area (TPSA) is 66.8 Å². The van der Waals surface area contributed by atoms with Crippen LogP contribution in [0.4, 0.5) is 18.9 Å². The van der Waals surface area contributed by atoms with Crippen molar-refractivity contribution in [3.05, 3.63) is 101 Å². The van der Waals surface area contributed by atoms with Crippen molar-refractivity contribution in [3.63, 3.8) is 0 Å². The molecular weight excluding hydrogens is 423 g/mol. The van der Waals surface area contributed by atoms with Crippen molar-refractivity contribution >= 4 is 23.1 Å². The number of amides is 1. The number of rotatable bonds is 4. The number of aliphatic hydroxyl groups is 1. The second-order valence-corrected chi connectivity index (χ2v) is 7.02. The number of ether oxygens (including phenoxy) is 1. The molecule has 3 aromatic carbocycles. The molecule has 1 saturated heterocycles. The number of aliphatic hydroxyl groups excluding tert-OH is 1. The zero-order valence-corrected chi connectivity index (χ0v) is 16.7. The van der Waals surface area contributed by atoms with Crippen molar-refractivity contribution in [2.75, 3.05) is 12.0 Å². The Bertz CT molecular complexity index is 1260. The van der Waals surface area contributed by atoms with E-state index in [1.807, 2.05) is 0 Å². The molecule has 1 fully saturated rings. The highest BCUT2D eigenvalue weighted by Crippen LogP contribution is 2.43. The maximum absolute atomic E-state index is 14.6. The molecule has 1 aliphatic rings. The van der Waals surface area contributed by atoms with E-state index in [0.29, 0.717) is 11.6 Å². The molecule has 1 amide bonds. The van der Waals surface area contributed by atoms with Gasteiger partial charge in [0.2, 0.25) is 0 Å². The van der Waals surface area contributed by atoms with Crippen LogP contribution in [0.5, 0.6) is 5.75 Å². The maximum Gasteiger partial charge on any atom is 0.300 e. The third-order valence-electron chi connectivity index (χ3n) is 5.15. The molecule has 162 valence electrons. The van der Waals surface area contributed by atoms with E-state index in [4.69, 9.17) is 4.74 Å². The lowest BCUT2D eigenvalue weighted by Crippen LogP contribution is -2.30. The number of methoxy groups -OCH3 is 1. The van der Waals surface area contributed by atoms with E-state index in [1.165, 1.54) is 13.2 Å². The molecule has 32 heavy (non-hydrogen) atoms. The molecule has 0 bridgehead atoms. The van der Waals surface area contributed by atoms with Gasteiger partial charge < -0.3 is 9.84 Å².